The predicted molar refractivity (Wildman–Crippen MR) is 99.5 cm³/mol. The van der Waals surface area contributed by atoms with Crippen molar-refractivity contribution in [2.75, 3.05) is 32.9 Å². The molecular weight excluding hydrogens is 318 g/mol. The SMILES string of the molecule is CCNC(=NCc1nccn1CC(C)C)NCC1(CCO)CCOC1. The highest BCUT2D eigenvalue weighted by atomic mass is 16.5. The second-order valence-corrected chi connectivity index (χ2v) is 7.21. The van der Waals surface area contributed by atoms with Crippen molar-refractivity contribution in [2.24, 2.45) is 16.3 Å². The second kappa shape index (κ2) is 9.77. The average molecular weight is 351 g/mol. The van der Waals surface area contributed by atoms with Crippen LogP contribution in [0.1, 0.15) is 39.4 Å². The number of aromatic nitrogens is 2. The Kier molecular flexibility index (Phi) is 7.71. The summed E-state index contributed by atoms with van der Waals surface area (Å²) in [5, 5.41) is 16.1. The number of hydrogen-bond acceptors (Lipinski definition) is 4. The molecule has 0 radical (unpaired) electrons. The summed E-state index contributed by atoms with van der Waals surface area (Å²) in [5.41, 5.74) is 0.00104. The number of aliphatic hydroxyl groups excluding tert-OH is 1. The van der Waals surface area contributed by atoms with E-state index in [1.165, 1.54) is 0 Å². The molecular formula is C18H33N5O2. The van der Waals surface area contributed by atoms with Crippen LogP contribution in [-0.4, -0.2) is 53.5 Å². The first-order valence-corrected chi connectivity index (χ1v) is 9.29. The van der Waals surface area contributed by atoms with Crippen molar-refractivity contribution in [1.29, 1.82) is 0 Å². The van der Waals surface area contributed by atoms with Crippen molar-refractivity contribution in [3.8, 4) is 0 Å². The van der Waals surface area contributed by atoms with E-state index in [4.69, 9.17) is 4.74 Å². The number of aliphatic hydroxyl groups is 1. The molecule has 1 saturated heterocycles. The van der Waals surface area contributed by atoms with E-state index in [1.54, 1.807) is 0 Å². The molecule has 142 valence electrons. The monoisotopic (exact) mass is 351 g/mol. The minimum absolute atomic E-state index is 0.00104. The number of nitrogens with zero attached hydrogens (tertiary/aromatic N) is 3. The van der Waals surface area contributed by atoms with Gasteiger partial charge >= 0.3 is 0 Å². The first-order chi connectivity index (χ1) is 12.1. The second-order valence-electron chi connectivity index (χ2n) is 7.21. The van der Waals surface area contributed by atoms with Crippen LogP contribution in [0, 0.1) is 11.3 Å². The Morgan fingerprint density at radius 3 is 2.96 bits per heavy atom. The Morgan fingerprint density at radius 1 is 1.48 bits per heavy atom. The van der Waals surface area contributed by atoms with Gasteiger partial charge in [0.2, 0.25) is 0 Å². The molecule has 1 aliphatic rings. The topological polar surface area (TPSA) is 83.7 Å². The molecule has 0 saturated carbocycles. The fourth-order valence-electron chi connectivity index (χ4n) is 3.13. The van der Waals surface area contributed by atoms with Crippen LogP contribution in [0.25, 0.3) is 0 Å². The highest BCUT2D eigenvalue weighted by Gasteiger charge is 2.34. The van der Waals surface area contributed by atoms with Gasteiger partial charge in [0, 0.05) is 50.7 Å². The van der Waals surface area contributed by atoms with Crippen LogP contribution in [0.4, 0.5) is 0 Å². The van der Waals surface area contributed by atoms with Crippen molar-refractivity contribution >= 4 is 5.96 Å². The van der Waals surface area contributed by atoms with Gasteiger partial charge in [0.15, 0.2) is 5.96 Å². The molecule has 1 fully saturated rings. The number of rotatable bonds is 9. The van der Waals surface area contributed by atoms with Crippen molar-refractivity contribution in [3.05, 3.63) is 18.2 Å². The summed E-state index contributed by atoms with van der Waals surface area (Å²) in [4.78, 5) is 9.11. The van der Waals surface area contributed by atoms with Crippen molar-refractivity contribution < 1.29 is 9.84 Å². The largest absolute Gasteiger partial charge is 0.396 e. The highest BCUT2D eigenvalue weighted by Crippen LogP contribution is 2.31. The molecule has 0 bridgehead atoms. The molecule has 7 heteroatoms. The molecule has 0 aromatic carbocycles. The lowest BCUT2D eigenvalue weighted by Gasteiger charge is -2.27. The van der Waals surface area contributed by atoms with Crippen molar-refractivity contribution in [1.82, 2.24) is 20.2 Å². The van der Waals surface area contributed by atoms with Crippen LogP contribution >= 0.6 is 0 Å². The van der Waals surface area contributed by atoms with Crippen molar-refractivity contribution in [3.63, 3.8) is 0 Å². The van der Waals surface area contributed by atoms with Crippen LogP contribution in [0.2, 0.25) is 0 Å². The predicted octanol–water partition coefficient (Wildman–Crippen LogP) is 1.38. The fourth-order valence-corrected chi connectivity index (χ4v) is 3.13. The van der Waals surface area contributed by atoms with Crippen LogP contribution in [0.5, 0.6) is 0 Å². The first-order valence-electron chi connectivity index (χ1n) is 9.29. The lowest BCUT2D eigenvalue weighted by atomic mass is 9.84. The minimum Gasteiger partial charge on any atom is -0.396 e. The van der Waals surface area contributed by atoms with Gasteiger partial charge in [-0.15, -0.1) is 0 Å². The zero-order valence-electron chi connectivity index (χ0n) is 15.8. The van der Waals surface area contributed by atoms with Crippen LogP contribution in [0.15, 0.2) is 17.4 Å². The maximum absolute atomic E-state index is 9.35. The molecule has 3 N–H and O–H groups in total. The third-order valence-electron chi connectivity index (χ3n) is 4.54. The number of nitrogens with one attached hydrogen (secondary N) is 2. The van der Waals surface area contributed by atoms with E-state index in [1.807, 2.05) is 12.4 Å². The summed E-state index contributed by atoms with van der Waals surface area (Å²) in [6.07, 6.45) is 5.56. The third kappa shape index (κ3) is 6.01. The molecule has 25 heavy (non-hydrogen) atoms. The van der Waals surface area contributed by atoms with Crippen LogP contribution in [-0.2, 0) is 17.8 Å². The normalized spacial score (nSPS) is 21.1. The number of imidazole rings is 1. The standard InChI is InChI=1S/C18H33N5O2/c1-4-19-17(22-13-18(5-9-24)6-10-25-14-18)21-11-16-20-7-8-23(16)12-15(2)3/h7-8,15,24H,4-6,9-14H2,1-3H3,(H2,19,21,22). The average Bonchev–Trinajstić information content (AvgIpc) is 3.20. The zero-order valence-corrected chi connectivity index (χ0v) is 15.8. The number of aliphatic imine (C=N–C) groups is 1. The van der Waals surface area contributed by atoms with E-state index in [9.17, 15) is 5.11 Å². The highest BCUT2D eigenvalue weighted by molar-refractivity contribution is 5.79. The van der Waals surface area contributed by atoms with E-state index in [-0.39, 0.29) is 12.0 Å². The number of hydrogen-bond donors (Lipinski definition) is 3. The van der Waals surface area contributed by atoms with E-state index < -0.39 is 0 Å². The van der Waals surface area contributed by atoms with E-state index in [0.717, 1.165) is 50.9 Å². The Hall–Kier alpha value is -1.60. The molecule has 0 amide bonds. The molecule has 1 unspecified atom stereocenters. The van der Waals surface area contributed by atoms with E-state index >= 15 is 0 Å². The van der Waals surface area contributed by atoms with Crippen molar-refractivity contribution in [2.45, 2.75) is 46.7 Å². The van der Waals surface area contributed by atoms with Gasteiger partial charge < -0.3 is 25.0 Å². The number of guanidine groups is 1. The quantitative estimate of drug-likeness (QED) is 0.462. The maximum atomic E-state index is 9.35. The molecule has 2 heterocycles. The lowest BCUT2D eigenvalue weighted by molar-refractivity contribution is 0.127. The van der Waals surface area contributed by atoms with Gasteiger partial charge in [-0.25, -0.2) is 9.98 Å². The molecule has 7 nitrogen and oxygen atoms in total. The smallest absolute Gasteiger partial charge is 0.191 e. The van der Waals surface area contributed by atoms with Gasteiger partial charge in [0.05, 0.1) is 6.61 Å². The summed E-state index contributed by atoms with van der Waals surface area (Å²) in [7, 11) is 0. The maximum Gasteiger partial charge on any atom is 0.191 e. The molecule has 1 aromatic rings. The van der Waals surface area contributed by atoms with Crippen LogP contribution < -0.4 is 10.6 Å². The van der Waals surface area contributed by atoms with Gasteiger partial charge in [-0.05, 0) is 25.7 Å². The fraction of sp³-hybridized carbons (Fsp3) is 0.778. The molecule has 0 spiro atoms. The summed E-state index contributed by atoms with van der Waals surface area (Å²) in [6.45, 7) is 11.1. The van der Waals surface area contributed by atoms with Crippen LogP contribution in [0.3, 0.4) is 0 Å². The van der Waals surface area contributed by atoms with Gasteiger partial charge in [-0.1, -0.05) is 13.8 Å². The Bertz CT molecular complexity index is 535. The molecule has 1 aromatic heterocycles. The zero-order chi connectivity index (χ0) is 18.1. The Balaban J connectivity index is 1.97. The number of ether oxygens (including phenoxy) is 1. The Morgan fingerprint density at radius 2 is 2.32 bits per heavy atom. The third-order valence-corrected chi connectivity index (χ3v) is 4.54. The Labute approximate surface area is 150 Å². The summed E-state index contributed by atoms with van der Waals surface area (Å²) in [6, 6.07) is 0. The summed E-state index contributed by atoms with van der Waals surface area (Å²) < 4.78 is 7.71. The van der Waals surface area contributed by atoms with E-state index in [0.29, 0.717) is 19.1 Å². The van der Waals surface area contributed by atoms with Gasteiger partial charge in [0.25, 0.3) is 0 Å². The first kappa shape index (κ1) is 19.7. The van der Waals surface area contributed by atoms with Gasteiger partial charge in [-0.2, -0.15) is 0 Å². The van der Waals surface area contributed by atoms with E-state index in [2.05, 4.69) is 45.9 Å². The molecule has 1 atom stereocenters. The molecule has 2 rings (SSSR count). The summed E-state index contributed by atoms with van der Waals surface area (Å²) >= 11 is 0. The minimum atomic E-state index is 0.00104. The molecule has 0 aliphatic carbocycles. The lowest BCUT2D eigenvalue weighted by Crippen LogP contribution is -2.44. The summed E-state index contributed by atoms with van der Waals surface area (Å²) in [5.74, 6) is 2.33. The van der Waals surface area contributed by atoms with Gasteiger partial charge in [0.1, 0.15) is 12.4 Å². The van der Waals surface area contributed by atoms with Gasteiger partial charge in [-0.3, -0.25) is 0 Å². The molecule has 1 aliphatic heterocycles.